The number of hydrogen-bond acceptors (Lipinski definition) is 5. The van der Waals surface area contributed by atoms with Crippen LogP contribution < -0.4 is 5.32 Å². The predicted molar refractivity (Wildman–Crippen MR) is 129 cm³/mol. The number of aromatic nitrogens is 2. The van der Waals surface area contributed by atoms with Crippen LogP contribution in [0.25, 0.3) is 11.0 Å². The summed E-state index contributed by atoms with van der Waals surface area (Å²) in [5, 5.41) is 12.2. The van der Waals surface area contributed by atoms with Crippen molar-refractivity contribution in [3.05, 3.63) is 95.8 Å². The monoisotopic (exact) mass is 457 g/mol. The van der Waals surface area contributed by atoms with E-state index in [0.717, 1.165) is 27.7 Å². The fourth-order valence-corrected chi connectivity index (χ4v) is 4.37. The van der Waals surface area contributed by atoms with Gasteiger partial charge in [0, 0.05) is 24.6 Å². The van der Waals surface area contributed by atoms with Gasteiger partial charge in [0.05, 0.1) is 42.7 Å². The molecular formula is C27H27N3O4. The van der Waals surface area contributed by atoms with Crippen molar-refractivity contribution in [2.75, 3.05) is 5.32 Å². The molecule has 7 heteroatoms. The van der Waals surface area contributed by atoms with Gasteiger partial charge in [-0.05, 0) is 35.4 Å². The fourth-order valence-electron chi connectivity index (χ4n) is 4.37. The van der Waals surface area contributed by atoms with Gasteiger partial charge in [-0.25, -0.2) is 4.98 Å². The molecule has 1 amide bonds. The van der Waals surface area contributed by atoms with E-state index in [2.05, 4.69) is 20.9 Å². The van der Waals surface area contributed by atoms with Crippen molar-refractivity contribution < 1.29 is 19.4 Å². The summed E-state index contributed by atoms with van der Waals surface area (Å²) in [5.74, 6) is -0.130. The third-order valence-corrected chi connectivity index (χ3v) is 6.02. The maximum Gasteiger partial charge on any atom is 0.221 e. The summed E-state index contributed by atoms with van der Waals surface area (Å²) in [6.45, 7) is 2.12. The number of nitrogens with one attached hydrogen (secondary N) is 1. The second-order valence-electron chi connectivity index (χ2n) is 8.54. The molecule has 3 atom stereocenters. The summed E-state index contributed by atoms with van der Waals surface area (Å²) in [4.78, 5) is 16.0. The molecule has 1 aromatic heterocycles. The number of rotatable bonds is 6. The van der Waals surface area contributed by atoms with Crippen LogP contribution in [0.1, 0.15) is 42.4 Å². The highest BCUT2D eigenvalue weighted by atomic mass is 16.7. The van der Waals surface area contributed by atoms with Crippen LogP contribution in [0.2, 0.25) is 0 Å². The van der Waals surface area contributed by atoms with Crippen LogP contribution in [0.5, 0.6) is 0 Å². The average Bonchev–Trinajstić information content (AvgIpc) is 3.26. The Morgan fingerprint density at radius 1 is 1.06 bits per heavy atom. The van der Waals surface area contributed by atoms with Crippen LogP contribution in [0, 0.1) is 0 Å². The fraction of sp³-hybridized carbons (Fsp3) is 0.259. The van der Waals surface area contributed by atoms with E-state index in [1.54, 1.807) is 0 Å². The van der Waals surface area contributed by atoms with E-state index in [1.807, 2.05) is 73.1 Å². The van der Waals surface area contributed by atoms with Crippen molar-refractivity contribution in [2.45, 2.75) is 45.0 Å². The molecule has 34 heavy (non-hydrogen) atoms. The number of imidazole rings is 1. The molecule has 3 aromatic carbocycles. The minimum atomic E-state index is -0.593. The first-order valence-electron chi connectivity index (χ1n) is 11.4. The molecule has 1 aliphatic heterocycles. The SMILES string of the molecule is CC(=O)Nc1cccc([C@@H]2O[C@H](Cn3cnc4ccccc43)C[C@H](c3ccc(CO)cc3)O2)c1. The highest BCUT2D eigenvalue weighted by Gasteiger charge is 2.32. The standard InChI is InChI=1S/C27H27N3O4/c1-18(32)29-22-6-4-5-21(13-22)27-33-23(15-30-17-28-24-7-2-3-8-25(24)30)14-26(34-27)20-11-9-19(16-31)10-12-20/h2-13,17,23,26-27,31H,14-16H2,1H3,(H,29,32)/t23-,26+,27+/m0/s1. The van der Waals surface area contributed by atoms with Crippen LogP contribution in [0.15, 0.2) is 79.1 Å². The molecule has 1 saturated heterocycles. The lowest BCUT2D eigenvalue weighted by Crippen LogP contribution is -2.32. The Morgan fingerprint density at radius 3 is 2.68 bits per heavy atom. The number of amides is 1. The summed E-state index contributed by atoms with van der Waals surface area (Å²) in [6, 6.07) is 23.4. The first kappa shape index (κ1) is 22.3. The van der Waals surface area contributed by atoms with Crippen LogP contribution in [0.4, 0.5) is 5.69 Å². The molecule has 4 aromatic rings. The van der Waals surface area contributed by atoms with Crippen molar-refractivity contribution in [1.29, 1.82) is 0 Å². The Bertz CT molecular complexity index is 1280. The second-order valence-corrected chi connectivity index (χ2v) is 8.54. The number of carbonyl (C=O) groups is 1. The van der Waals surface area contributed by atoms with Gasteiger partial charge in [-0.15, -0.1) is 0 Å². The van der Waals surface area contributed by atoms with Gasteiger partial charge in [-0.2, -0.15) is 0 Å². The van der Waals surface area contributed by atoms with E-state index in [-0.39, 0.29) is 24.7 Å². The number of benzene rings is 3. The van der Waals surface area contributed by atoms with Crippen LogP contribution >= 0.6 is 0 Å². The Morgan fingerprint density at radius 2 is 1.88 bits per heavy atom. The maximum atomic E-state index is 11.5. The second kappa shape index (κ2) is 9.77. The molecule has 0 radical (unpaired) electrons. The third kappa shape index (κ3) is 4.87. The van der Waals surface area contributed by atoms with Crippen LogP contribution in [-0.4, -0.2) is 26.7 Å². The molecule has 1 aliphatic rings. The average molecular weight is 458 g/mol. The molecular weight excluding hydrogens is 430 g/mol. The smallest absolute Gasteiger partial charge is 0.221 e. The Hall–Kier alpha value is -3.52. The van der Waals surface area contributed by atoms with Gasteiger partial charge in [-0.1, -0.05) is 48.5 Å². The number of ether oxygens (including phenoxy) is 2. The molecule has 0 spiro atoms. The van der Waals surface area contributed by atoms with E-state index in [0.29, 0.717) is 18.7 Å². The topological polar surface area (TPSA) is 85.6 Å². The Balaban J connectivity index is 1.44. The van der Waals surface area contributed by atoms with Gasteiger partial charge in [0.2, 0.25) is 5.91 Å². The number of para-hydroxylation sites is 2. The van der Waals surface area contributed by atoms with Crippen LogP contribution in [0.3, 0.4) is 0 Å². The zero-order chi connectivity index (χ0) is 23.5. The normalized spacial score (nSPS) is 20.4. The first-order valence-corrected chi connectivity index (χ1v) is 11.4. The van der Waals surface area contributed by atoms with Gasteiger partial charge >= 0.3 is 0 Å². The molecule has 174 valence electrons. The number of nitrogens with zero attached hydrogens (tertiary/aromatic N) is 2. The Kier molecular flexibility index (Phi) is 6.40. The minimum absolute atomic E-state index is 0.00378. The minimum Gasteiger partial charge on any atom is -0.392 e. The van der Waals surface area contributed by atoms with E-state index >= 15 is 0 Å². The molecule has 7 nitrogen and oxygen atoms in total. The molecule has 2 N–H and O–H groups in total. The summed E-state index contributed by atoms with van der Waals surface area (Å²) < 4.78 is 14.9. The zero-order valence-electron chi connectivity index (χ0n) is 18.9. The molecule has 2 heterocycles. The predicted octanol–water partition coefficient (Wildman–Crippen LogP) is 4.73. The number of aliphatic hydroxyl groups is 1. The summed E-state index contributed by atoms with van der Waals surface area (Å²) in [5.41, 5.74) is 5.43. The quantitative estimate of drug-likeness (QED) is 0.437. The van der Waals surface area contributed by atoms with Crippen LogP contribution in [-0.2, 0) is 27.4 Å². The third-order valence-electron chi connectivity index (χ3n) is 6.02. The number of carbonyl (C=O) groups excluding carboxylic acids is 1. The number of hydrogen-bond donors (Lipinski definition) is 2. The molecule has 0 unspecified atom stereocenters. The lowest BCUT2D eigenvalue weighted by molar-refractivity contribution is -0.252. The van der Waals surface area contributed by atoms with Crippen molar-refractivity contribution in [2.24, 2.45) is 0 Å². The number of anilines is 1. The first-order chi connectivity index (χ1) is 16.6. The van der Waals surface area contributed by atoms with Gasteiger partial charge in [0.15, 0.2) is 6.29 Å². The van der Waals surface area contributed by atoms with E-state index in [4.69, 9.17) is 9.47 Å². The van der Waals surface area contributed by atoms with Gasteiger partial charge < -0.3 is 24.5 Å². The van der Waals surface area contributed by atoms with E-state index < -0.39 is 6.29 Å². The highest BCUT2D eigenvalue weighted by Crippen LogP contribution is 2.39. The summed E-state index contributed by atoms with van der Waals surface area (Å²) in [6.07, 6.45) is 1.62. The zero-order valence-corrected chi connectivity index (χ0v) is 18.9. The van der Waals surface area contributed by atoms with E-state index in [1.165, 1.54) is 6.92 Å². The van der Waals surface area contributed by atoms with E-state index in [9.17, 15) is 9.90 Å². The Labute approximate surface area is 198 Å². The molecule has 0 bridgehead atoms. The summed E-state index contributed by atoms with van der Waals surface area (Å²) >= 11 is 0. The van der Waals surface area contributed by atoms with Gasteiger partial charge in [-0.3, -0.25) is 4.79 Å². The van der Waals surface area contributed by atoms with Gasteiger partial charge in [0.25, 0.3) is 0 Å². The lowest BCUT2D eigenvalue weighted by Gasteiger charge is -2.36. The molecule has 5 rings (SSSR count). The molecule has 0 aliphatic carbocycles. The largest absolute Gasteiger partial charge is 0.392 e. The van der Waals surface area contributed by atoms with Crippen molar-refractivity contribution in [1.82, 2.24) is 9.55 Å². The van der Waals surface area contributed by atoms with Crippen molar-refractivity contribution >= 4 is 22.6 Å². The van der Waals surface area contributed by atoms with Crippen molar-refractivity contribution in [3.63, 3.8) is 0 Å². The molecule has 0 saturated carbocycles. The molecule has 1 fully saturated rings. The lowest BCUT2D eigenvalue weighted by atomic mass is 10.00. The van der Waals surface area contributed by atoms with Crippen molar-refractivity contribution in [3.8, 4) is 0 Å². The summed E-state index contributed by atoms with van der Waals surface area (Å²) in [7, 11) is 0. The maximum absolute atomic E-state index is 11.5. The van der Waals surface area contributed by atoms with Gasteiger partial charge in [0.1, 0.15) is 0 Å². The number of aliphatic hydroxyl groups excluding tert-OH is 1. The number of fused-ring (bicyclic) bond motifs is 1. The highest BCUT2D eigenvalue weighted by molar-refractivity contribution is 5.88.